The van der Waals surface area contributed by atoms with Gasteiger partial charge in [0.25, 0.3) is 0 Å². The Balaban J connectivity index is 1.17. The Morgan fingerprint density at radius 3 is 1.84 bits per heavy atom. The summed E-state index contributed by atoms with van der Waals surface area (Å²) in [7, 11) is 0. The van der Waals surface area contributed by atoms with Crippen molar-refractivity contribution in [1.29, 1.82) is 0 Å². The summed E-state index contributed by atoms with van der Waals surface area (Å²) in [4.78, 5) is 7.56. The van der Waals surface area contributed by atoms with E-state index >= 15 is 0 Å². The first-order chi connectivity index (χ1) is 24.6. The molecule has 7 aromatic carbocycles. The van der Waals surface area contributed by atoms with E-state index in [1.807, 2.05) is 0 Å². The molecule has 0 atom stereocenters. The number of para-hydroxylation sites is 1. The molecule has 0 N–H and O–H groups in total. The van der Waals surface area contributed by atoms with E-state index in [0.29, 0.717) is 0 Å². The second-order valence-electron chi connectivity index (χ2n) is 13.9. The lowest BCUT2D eigenvalue weighted by molar-refractivity contribution is 0.660. The number of benzene rings is 7. The minimum Gasteiger partial charge on any atom is -0.309 e. The van der Waals surface area contributed by atoms with Crippen LogP contribution in [-0.2, 0) is 5.41 Å². The fraction of sp³-hybridized carbons (Fsp3) is 0.0625. The predicted octanol–water partition coefficient (Wildman–Crippen LogP) is 13.0. The van der Waals surface area contributed by atoms with Gasteiger partial charge in [0, 0.05) is 50.3 Å². The van der Waals surface area contributed by atoms with Crippen molar-refractivity contribution in [2.24, 2.45) is 0 Å². The number of fused-ring (bicyclic) bond motifs is 6. The van der Waals surface area contributed by atoms with Gasteiger partial charge in [0.15, 0.2) is 0 Å². The van der Waals surface area contributed by atoms with Gasteiger partial charge in [-0.2, -0.15) is 0 Å². The number of hydrogen-bond donors (Lipinski definition) is 0. The quantitative estimate of drug-likeness (QED) is 0.186. The van der Waals surface area contributed by atoms with Crippen LogP contribution in [0.5, 0.6) is 0 Å². The Morgan fingerprint density at radius 2 is 1.04 bits per heavy atom. The highest BCUT2D eigenvalue weighted by atomic mass is 15.1. The van der Waals surface area contributed by atoms with Crippen molar-refractivity contribution >= 4 is 27.8 Å². The van der Waals surface area contributed by atoms with Crippen molar-refractivity contribution in [1.82, 2.24) is 4.98 Å². The summed E-state index contributed by atoms with van der Waals surface area (Å²) < 4.78 is 0. The van der Waals surface area contributed by atoms with Crippen LogP contribution in [-0.4, -0.2) is 4.98 Å². The van der Waals surface area contributed by atoms with Gasteiger partial charge in [-0.25, -0.2) is 0 Å². The fourth-order valence-corrected chi connectivity index (χ4v) is 8.54. The van der Waals surface area contributed by atoms with Gasteiger partial charge < -0.3 is 4.90 Å². The summed E-state index contributed by atoms with van der Waals surface area (Å²) in [5.74, 6) is 0. The summed E-state index contributed by atoms with van der Waals surface area (Å²) in [5, 5.41) is 2.48. The maximum atomic E-state index is 5.10. The lowest BCUT2D eigenvalue weighted by Crippen LogP contribution is -2.16. The molecule has 236 valence electrons. The van der Waals surface area contributed by atoms with Crippen LogP contribution in [0.1, 0.15) is 25.0 Å². The van der Waals surface area contributed by atoms with Crippen molar-refractivity contribution in [3.63, 3.8) is 0 Å². The zero-order chi connectivity index (χ0) is 33.4. The van der Waals surface area contributed by atoms with Crippen LogP contribution in [0, 0.1) is 0 Å². The minimum absolute atomic E-state index is 0.0997. The van der Waals surface area contributed by atoms with Gasteiger partial charge in [0.2, 0.25) is 0 Å². The highest BCUT2D eigenvalue weighted by Crippen LogP contribution is 2.55. The SMILES string of the molecule is CC1(C)c2ccccc2-c2c(N(c3ccc(-c4ncc5c6c(cccc46)-c4ccccc4-5)cc3)c3ccccc3-c3ccccc3)cccc21. The number of hydrogen-bond acceptors (Lipinski definition) is 2. The maximum absolute atomic E-state index is 5.10. The lowest BCUT2D eigenvalue weighted by Gasteiger charge is -2.30. The van der Waals surface area contributed by atoms with E-state index in [1.54, 1.807) is 0 Å². The molecule has 10 rings (SSSR count). The summed E-state index contributed by atoms with van der Waals surface area (Å²) in [6, 6.07) is 59.6. The highest BCUT2D eigenvalue weighted by molar-refractivity contribution is 6.17. The molecule has 2 nitrogen and oxygen atoms in total. The molecule has 1 aromatic heterocycles. The molecule has 0 bridgehead atoms. The molecule has 0 unspecified atom stereocenters. The maximum Gasteiger partial charge on any atom is 0.0780 e. The van der Waals surface area contributed by atoms with Crippen LogP contribution >= 0.6 is 0 Å². The molecule has 2 aliphatic rings. The van der Waals surface area contributed by atoms with Crippen molar-refractivity contribution in [3.8, 4) is 55.8 Å². The Bertz CT molecular complexity index is 2590. The second-order valence-corrected chi connectivity index (χ2v) is 13.9. The zero-order valence-corrected chi connectivity index (χ0v) is 28.1. The van der Waals surface area contributed by atoms with Gasteiger partial charge in [-0.3, -0.25) is 4.98 Å². The molecule has 0 saturated carbocycles. The summed E-state index contributed by atoms with van der Waals surface area (Å²) in [6.07, 6.45) is 2.07. The Labute approximate surface area is 293 Å². The van der Waals surface area contributed by atoms with Crippen molar-refractivity contribution < 1.29 is 0 Å². The number of pyridine rings is 1. The standard InChI is InChI=1S/C48H34N2/c1-48(2)41-22-10-8-19-38(41)46-42(48)23-13-25-44(46)50(43-24-11-9-16-34(43)31-14-4-3-5-15-31)33-28-26-32(27-29-33)47-39-21-12-20-37-35-17-6-7-18-36(35)40(30-49-47)45(37)39/h3-30H,1-2H3. The third kappa shape index (κ3) is 4.12. The van der Waals surface area contributed by atoms with E-state index in [9.17, 15) is 0 Å². The summed E-state index contributed by atoms with van der Waals surface area (Å²) >= 11 is 0. The highest BCUT2D eigenvalue weighted by Gasteiger charge is 2.38. The molecule has 1 heterocycles. The van der Waals surface area contributed by atoms with Crippen molar-refractivity contribution in [3.05, 3.63) is 181 Å². The predicted molar refractivity (Wildman–Crippen MR) is 209 cm³/mol. The van der Waals surface area contributed by atoms with Crippen LogP contribution in [0.4, 0.5) is 17.1 Å². The fourth-order valence-electron chi connectivity index (χ4n) is 8.54. The first kappa shape index (κ1) is 28.7. The number of rotatable bonds is 5. The van der Waals surface area contributed by atoms with Crippen molar-refractivity contribution in [2.45, 2.75) is 19.3 Å². The first-order valence-electron chi connectivity index (χ1n) is 17.4. The number of nitrogens with zero attached hydrogens (tertiary/aromatic N) is 2. The number of aromatic nitrogens is 1. The van der Waals surface area contributed by atoms with Crippen LogP contribution in [0.3, 0.4) is 0 Å². The summed E-state index contributed by atoms with van der Waals surface area (Å²) in [6.45, 7) is 4.70. The van der Waals surface area contributed by atoms with Crippen LogP contribution in [0.2, 0.25) is 0 Å². The van der Waals surface area contributed by atoms with Gasteiger partial charge in [-0.05, 0) is 63.2 Å². The molecule has 2 aliphatic carbocycles. The first-order valence-corrected chi connectivity index (χ1v) is 17.4. The van der Waals surface area contributed by atoms with E-state index in [0.717, 1.165) is 22.6 Å². The smallest absolute Gasteiger partial charge is 0.0780 e. The van der Waals surface area contributed by atoms with Crippen molar-refractivity contribution in [2.75, 3.05) is 4.90 Å². The Kier molecular flexibility index (Phi) is 6.25. The lowest BCUT2D eigenvalue weighted by atomic mass is 9.82. The molecular weight excluding hydrogens is 605 g/mol. The molecule has 0 radical (unpaired) electrons. The Morgan fingerprint density at radius 1 is 0.440 bits per heavy atom. The van der Waals surface area contributed by atoms with E-state index in [-0.39, 0.29) is 5.41 Å². The van der Waals surface area contributed by atoms with Crippen LogP contribution in [0.15, 0.2) is 170 Å². The molecule has 0 amide bonds. The number of anilines is 3. The van der Waals surface area contributed by atoms with Crippen LogP contribution < -0.4 is 4.90 Å². The van der Waals surface area contributed by atoms with Gasteiger partial charge in [0.05, 0.1) is 17.1 Å². The third-order valence-electron chi connectivity index (χ3n) is 10.9. The topological polar surface area (TPSA) is 16.1 Å². The average Bonchev–Trinajstić information content (AvgIpc) is 3.63. The molecule has 0 fully saturated rings. The molecule has 8 aromatic rings. The minimum atomic E-state index is -0.0997. The molecule has 0 spiro atoms. The van der Waals surface area contributed by atoms with Gasteiger partial charge >= 0.3 is 0 Å². The second kappa shape index (κ2) is 10.9. The molecular formula is C48H34N2. The Hall–Kier alpha value is -6.25. The van der Waals surface area contributed by atoms with E-state index in [1.165, 1.54) is 72.1 Å². The third-order valence-corrected chi connectivity index (χ3v) is 10.9. The normalized spacial score (nSPS) is 13.2. The monoisotopic (exact) mass is 638 g/mol. The van der Waals surface area contributed by atoms with Gasteiger partial charge in [-0.1, -0.05) is 153 Å². The van der Waals surface area contributed by atoms with E-state index in [4.69, 9.17) is 4.98 Å². The molecule has 0 aliphatic heterocycles. The molecule has 2 heteroatoms. The van der Waals surface area contributed by atoms with E-state index in [2.05, 4.69) is 189 Å². The van der Waals surface area contributed by atoms with Crippen LogP contribution in [0.25, 0.3) is 66.5 Å². The van der Waals surface area contributed by atoms with E-state index < -0.39 is 0 Å². The molecule has 50 heavy (non-hydrogen) atoms. The van der Waals surface area contributed by atoms with Gasteiger partial charge in [0.1, 0.15) is 0 Å². The average molecular weight is 639 g/mol. The van der Waals surface area contributed by atoms with Gasteiger partial charge in [-0.15, -0.1) is 0 Å². The summed E-state index contributed by atoms with van der Waals surface area (Å²) in [5.41, 5.74) is 18.2. The zero-order valence-electron chi connectivity index (χ0n) is 28.1. The largest absolute Gasteiger partial charge is 0.309 e. The molecule has 0 saturated heterocycles.